The number of nitrogens with two attached hydrogens (primary N) is 1. The SMILES string of the molecule is Cc1nc2nc(C(=O)N(C)C)cn2c(-c2ccc(Cl)cc2Cl)c1CN. The summed E-state index contributed by atoms with van der Waals surface area (Å²) in [5.41, 5.74) is 9.35. The number of hydrogen-bond acceptors (Lipinski definition) is 4. The first-order chi connectivity index (χ1) is 11.8. The Hall–Kier alpha value is -2.15. The number of aromatic nitrogens is 3. The number of benzene rings is 1. The van der Waals surface area contributed by atoms with Crippen molar-refractivity contribution >= 4 is 34.9 Å². The number of nitrogens with zero attached hydrogens (tertiary/aromatic N) is 4. The molecule has 6 nitrogen and oxygen atoms in total. The number of carbonyl (C=O) groups is 1. The molecule has 25 heavy (non-hydrogen) atoms. The third kappa shape index (κ3) is 3.08. The van der Waals surface area contributed by atoms with Crippen LogP contribution in [0.3, 0.4) is 0 Å². The van der Waals surface area contributed by atoms with Crippen molar-refractivity contribution in [3.8, 4) is 11.3 Å². The van der Waals surface area contributed by atoms with E-state index in [2.05, 4.69) is 9.97 Å². The van der Waals surface area contributed by atoms with Gasteiger partial charge in [0.15, 0.2) is 0 Å². The maximum atomic E-state index is 12.3. The van der Waals surface area contributed by atoms with E-state index in [4.69, 9.17) is 28.9 Å². The molecule has 0 atom stereocenters. The van der Waals surface area contributed by atoms with Crippen molar-refractivity contribution in [2.24, 2.45) is 5.73 Å². The summed E-state index contributed by atoms with van der Waals surface area (Å²) in [5.74, 6) is 0.214. The van der Waals surface area contributed by atoms with Crippen molar-refractivity contribution in [3.05, 3.63) is 51.4 Å². The molecule has 2 heterocycles. The second-order valence-corrected chi connectivity index (χ2v) is 6.69. The summed E-state index contributed by atoms with van der Waals surface area (Å²) in [6, 6.07) is 5.25. The molecule has 0 fully saturated rings. The first-order valence-corrected chi connectivity index (χ1v) is 8.34. The van der Waals surface area contributed by atoms with Gasteiger partial charge >= 0.3 is 0 Å². The minimum absolute atomic E-state index is 0.203. The normalized spacial score (nSPS) is 11.1. The molecule has 0 aliphatic carbocycles. The van der Waals surface area contributed by atoms with Gasteiger partial charge in [0, 0.05) is 48.7 Å². The fraction of sp³-hybridized carbons (Fsp3) is 0.235. The molecule has 2 N–H and O–H groups in total. The molecule has 130 valence electrons. The molecule has 0 aliphatic heterocycles. The van der Waals surface area contributed by atoms with E-state index >= 15 is 0 Å². The Morgan fingerprint density at radius 1 is 1.28 bits per heavy atom. The Morgan fingerprint density at radius 2 is 2.00 bits per heavy atom. The minimum Gasteiger partial charge on any atom is -0.343 e. The molecule has 0 saturated carbocycles. The van der Waals surface area contributed by atoms with Crippen LogP contribution in [0.25, 0.3) is 17.0 Å². The average Bonchev–Trinajstić information content (AvgIpc) is 2.96. The number of amides is 1. The van der Waals surface area contributed by atoms with Crippen LogP contribution >= 0.6 is 23.2 Å². The van der Waals surface area contributed by atoms with Crippen molar-refractivity contribution in [2.45, 2.75) is 13.5 Å². The Morgan fingerprint density at radius 3 is 2.60 bits per heavy atom. The number of aryl methyl sites for hydroxylation is 1. The monoisotopic (exact) mass is 377 g/mol. The van der Waals surface area contributed by atoms with Gasteiger partial charge < -0.3 is 10.6 Å². The fourth-order valence-electron chi connectivity index (χ4n) is 2.70. The summed E-state index contributed by atoms with van der Waals surface area (Å²) in [7, 11) is 3.35. The molecule has 3 rings (SSSR count). The molecule has 0 bridgehead atoms. The molecule has 1 aromatic carbocycles. The molecule has 0 spiro atoms. The summed E-state index contributed by atoms with van der Waals surface area (Å²) in [5, 5.41) is 1.03. The van der Waals surface area contributed by atoms with Gasteiger partial charge in [0.2, 0.25) is 5.78 Å². The van der Waals surface area contributed by atoms with Crippen LogP contribution in [-0.2, 0) is 6.54 Å². The predicted octanol–water partition coefficient (Wildman–Crippen LogP) is 3.17. The van der Waals surface area contributed by atoms with Gasteiger partial charge in [-0.05, 0) is 25.1 Å². The van der Waals surface area contributed by atoms with E-state index in [0.29, 0.717) is 21.5 Å². The summed E-state index contributed by atoms with van der Waals surface area (Å²) in [4.78, 5) is 22.6. The van der Waals surface area contributed by atoms with Crippen molar-refractivity contribution in [1.29, 1.82) is 0 Å². The third-order valence-electron chi connectivity index (χ3n) is 3.93. The van der Waals surface area contributed by atoms with Crippen molar-refractivity contribution in [3.63, 3.8) is 0 Å². The number of rotatable bonds is 3. The first-order valence-electron chi connectivity index (χ1n) is 7.59. The van der Waals surface area contributed by atoms with Gasteiger partial charge in [-0.1, -0.05) is 23.2 Å². The molecular formula is C17H17Cl2N5O. The van der Waals surface area contributed by atoms with E-state index in [0.717, 1.165) is 22.5 Å². The van der Waals surface area contributed by atoms with E-state index in [1.54, 1.807) is 36.8 Å². The van der Waals surface area contributed by atoms with E-state index in [1.165, 1.54) is 4.90 Å². The van der Waals surface area contributed by atoms with Gasteiger partial charge in [0.25, 0.3) is 5.91 Å². The predicted molar refractivity (Wildman–Crippen MR) is 99.1 cm³/mol. The molecule has 2 aromatic heterocycles. The quantitative estimate of drug-likeness (QED) is 0.760. The van der Waals surface area contributed by atoms with Crippen LogP contribution in [0.15, 0.2) is 24.4 Å². The Labute approximate surface area is 155 Å². The number of carbonyl (C=O) groups excluding carboxylic acids is 1. The second-order valence-electron chi connectivity index (χ2n) is 5.85. The van der Waals surface area contributed by atoms with E-state index in [-0.39, 0.29) is 12.5 Å². The second kappa shape index (κ2) is 6.63. The molecule has 0 unspecified atom stereocenters. The Balaban J connectivity index is 2.36. The van der Waals surface area contributed by atoms with Crippen LogP contribution < -0.4 is 5.73 Å². The molecule has 0 saturated heterocycles. The lowest BCUT2D eigenvalue weighted by Crippen LogP contribution is -2.21. The molecular weight excluding hydrogens is 361 g/mol. The summed E-state index contributed by atoms with van der Waals surface area (Å²) >= 11 is 12.4. The summed E-state index contributed by atoms with van der Waals surface area (Å²) in [6.07, 6.45) is 1.66. The van der Waals surface area contributed by atoms with Crippen molar-refractivity contribution in [1.82, 2.24) is 19.3 Å². The smallest absolute Gasteiger partial charge is 0.273 e. The standard InChI is InChI=1S/C17H17Cl2N5O/c1-9-12(7-20)15(11-5-4-10(18)6-13(11)19)24-8-14(16(25)23(2)3)22-17(24)21-9/h4-6,8H,7,20H2,1-3H3. The highest BCUT2D eigenvalue weighted by atomic mass is 35.5. The van der Waals surface area contributed by atoms with Crippen molar-refractivity contribution < 1.29 is 4.79 Å². The summed E-state index contributed by atoms with van der Waals surface area (Å²) in [6.45, 7) is 2.13. The highest BCUT2D eigenvalue weighted by Gasteiger charge is 2.20. The van der Waals surface area contributed by atoms with Crippen LogP contribution in [0.2, 0.25) is 10.0 Å². The zero-order valence-corrected chi connectivity index (χ0v) is 15.6. The lowest BCUT2D eigenvalue weighted by atomic mass is 10.0. The number of hydrogen-bond donors (Lipinski definition) is 1. The van der Waals surface area contributed by atoms with Crippen LogP contribution in [0, 0.1) is 6.92 Å². The van der Waals surface area contributed by atoms with E-state index in [9.17, 15) is 4.79 Å². The van der Waals surface area contributed by atoms with E-state index < -0.39 is 0 Å². The van der Waals surface area contributed by atoms with Crippen molar-refractivity contribution in [2.75, 3.05) is 14.1 Å². The highest BCUT2D eigenvalue weighted by Crippen LogP contribution is 2.34. The molecule has 8 heteroatoms. The molecule has 1 amide bonds. The Kier molecular flexibility index (Phi) is 4.69. The number of fused-ring (bicyclic) bond motifs is 1. The minimum atomic E-state index is -0.203. The number of halogens is 2. The van der Waals surface area contributed by atoms with Gasteiger partial charge in [-0.25, -0.2) is 9.97 Å². The molecule has 0 aliphatic rings. The van der Waals surface area contributed by atoms with Gasteiger partial charge in [0.1, 0.15) is 5.69 Å². The maximum Gasteiger partial charge on any atom is 0.273 e. The summed E-state index contributed by atoms with van der Waals surface area (Å²) < 4.78 is 1.75. The third-order valence-corrected chi connectivity index (χ3v) is 4.48. The van der Waals surface area contributed by atoms with Crippen LogP contribution in [0.4, 0.5) is 0 Å². The lowest BCUT2D eigenvalue weighted by Gasteiger charge is -2.14. The molecule has 0 radical (unpaired) electrons. The van der Waals surface area contributed by atoms with Gasteiger partial charge in [-0.3, -0.25) is 9.20 Å². The van der Waals surface area contributed by atoms with Crippen LogP contribution in [0.1, 0.15) is 21.7 Å². The molecule has 3 aromatic rings. The van der Waals surface area contributed by atoms with E-state index in [1.807, 2.05) is 13.0 Å². The lowest BCUT2D eigenvalue weighted by molar-refractivity contribution is 0.0822. The van der Waals surface area contributed by atoms with Crippen LogP contribution in [-0.4, -0.2) is 39.3 Å². The van der Waals surface area contributed by atoms with Gasteiger partial charge in [-0.2, -0.15) is 0 Å². The zero-order chi connectivity index (χ0) is 18.3. The van der Waals surface area contributed by atoms with Gasteiger partial charge in [-0.15, -0.1) is 0 Å². The van der Waals surface area contributed by atoms with Crippen LogP contribution in [0.5, 0.6) is 0 Å². The Bertz CT molecular complexity index is 981. The first kappa shape index (κ1) is 17.7. The van der Waals surface area contributed by atoms with Gasteiger partial charge in [0.05, 0.1) is 10.7 Å². The fourth-order valence-corrected chi connectivity index (χ4v) is 3.20. The average molecular weight is 378 g/mol. The zero-order valence-electron chi connectivity index (χ0n) is 14.0. The highest BCUT2D eigenvalue weighted by molar-refractivity contribution is 6.36. The largest absolute Gasteiger partial charge is 0.343 e. The number of imidazole rings is 1. The maximum absolute atomic E-state index is 12.3. The topological polar surface area (TPSA) is 76.5 Å².